The topological polar surface area (TPSA) is 35.5 Å². The Morgan fingerprint density at radius 2 is 2.11 bits per heavy atom. The van der Waals surface area contributed by atoms with E-state index in [1.165, 1.54) is 12.0 Å². The van der Waals surface area contributed by atoms with Crippen LogP contribution in [0.3, 0.4) is 0 Å². The molecule has 3 nitrogen and oxygen atoms in total. The number of rotatable bonds is 6. The molecule has 1 heterocycles. The average Bonchev–Trinajstić information content (AvgIpc) is 2.93. The van der Waals surface area contributed by atoms with Crippen molar-refractivity contribution in [2.45, 2.75) is 44.8 Å². The van der Waals surface area contributed by atoms with E-state index in [4.69, 9.17) is 0 Å². The fourth-order valence-electron chi connectivity index (χ4n) is 2.85. The van der Waals surface area contributed by atoms with Gasteiger partial charge in [-0.3, -0.25) is 4.90 Å². The lowest BCUT2D eigenvalue weighted by molar-refractivity contribution is 0.218. The monoisotopic (exact) mass is 262 g/mol. The van der Waals surface area contributed by atoms with E-state index >= 15 is 0 Å². The summed E-state index contributed by atoms with van der Waals surface area (Å²) in [4.78, 5) is 2.52. The molecule has 0 aliphatic carbocycles. The van der Waals surface area contributed by atoms with E-state index in [0.717, 1.165) is 19.5 Å². The highest BCUT2D eigenvalue weighted by Gasteiger charge is 2.27. The third-order valence-electron chi connectivity index (χ3n) is 4.23. The number of nitrogens with one attached hydrogen (secondary N) is 1. The first-order valence-corrected chi connectivity index (χ1v) is 7.40. The third-order valence-corrected chi connectivity index (χ3v) is 4.23. The summed E-state index contributed by atoms with van der Waals surface area (Å²) in [6, 6.07) is 11.9. The highest BCUT2D eigenvalue weighted by Crippen LogP contribution is 2.24. The molecule has 3 heteroatoms. The van der Waals surface area contributed by atoms with Gasteiger partial charge in [-0.2, -0.15) is 0 Å². The van der Waals surface area contributed by atoms with Crippen LogP contribution < -0.4 is 5.32 Å². The minimum atomic E-state index is 0.237. The molecule has 1 aliphatic heterocycles. The maximum atomic E-state index is 9.26. The molecule has 106 valence electrons. The smallest absolute Gasteiger partial charge is 0.0584 e. The Balaban J connectivity index is 1.88. The zero-order valence-electron chi connectivity index (χ0n) is 12.0. The largest absolute Gasteiger partial charge is 0.395 e. The summed E-state index contributed by atoms with van der Waals surface area (Å²) in [5.74, 6) is 0. The fourth-order valence-corrected chi connectivity index (χ4v) is 2.85. The molecule has 1 aromatic rings. The van der Waals surface area contributed by atoms with Gasteiger partial charge in [0.05, 0.1) is 6.61 Å². The molecular formula is C16H26N2O. The van der Waals surface area contributed by atoms with E-state index in [1.54, 1.807) is 0 Å². The van der Waals surface area contributed by atoms with Crippen molar-refractivity contribution in [3.05, 3.63) is 35.9 Å². The Bertz CT molecular complexity index is 364. The molecular weight excluding hydrogens is 236 g/mol. The molecule has 1 fully saturated rings. The van der Waals surface area contributed by atoms with E-state index < -0.39 is 0 Å². The molecule has 0 amide bonds. The predicted molar refractivity (Wildman–Crippen MR) is 79.1 cm³/mol. The Hall–Kier alpha value is -0.900. The predicted octanol–water partition coefficient (Wildman–Crippen LogP) is 2.18. The average molecular weight is 262 g/mol. The second-order valence-corrected chi connectivity index (χ2v) is 5.52. The van der Waals surface area contributed by atoms with Crippen LogP contribution in [0, 0.1) is 0 Å². The second kappa shape index (κ2) is 7.04. The van der Waals surface area contributed by atoms with Crippen LogP contribution >= 0.6 is 0 Å². The molecule has 0 radical (unpaired) electrons. The molecule has 0 bridgehead atoms. The lowest BCUT2D eigenvalue weighted by Crippen LogP contribution is -2.41. The summed E-state index contributed by atoms with van der Waals surface area (Å²) in [5, 5.41) is 12.8. The van der Waals surface area contributed by atoms with Gasteiger partial charge < -0.3 is 10.4 Å². The molecule has 2 N–H and O–H groups in total. The summed E-state index contributed by atoms with van der Waals surface area (Å²) in [6.45, 7) is 6.84. The van der Waals surface area contributed by atoms with Gasteiger partial charge in [-0.05, 0) is 25.3 Å². The van der Waals surface area contributed by atoms with Crippen LogP contribution in [0.4, 0.5) is 0 Å². The van der Waals surface area contributed by atoms with Gasteiger partial charge in [0, 0.05) is 31.2 Å². The van der Waals surface area contributed by atoms with Gasteiger partial charge in [0.1, 0.15) is 0 Å². The van der Waals surface area contributed by atoms with Gasteiger partial charge in [-0.25, -0.2) is 0 Å². The first-order valence-electron chi connectivity index (χ1n) is 7.40. The Morgan fingerprint density at radius 3 is 2.74 bits per heavy atom. The van der Waals surface area contributed by atoms with Gasteiger partial charge in [0.15, 0.2) is 0 Å². The normalized spacial score (nSPS) is 23.4. The number of hydrogen-bond donors (Lipinski definition) is 2. The van der Waals surface area contributed by atoms with E-state index in [1.807, 2.05) is 0 Å². The Morgan fingerprint density at radius 1 is 1.37 bits per heavy atom. The molecule has 2 rings (SSSR count). The molecule has 1 aromatic carbocycles. The van der Waals surface area contributed by atoms with E-state index in [9.17, 15) is 5.11 Å². The molecule has 0 spiro atoms. The minimum Gasteiger partial charge on any atom is -0.395 e. The van der Waals surface area contributed by atoms with Gasteiger partial charge in [0.2, 0.25) is 0 Å². The van der Waals surface area contributed by atoms with Crippen molar-refractivity contribution in [1.82, 2.24) is 10.2 Å². The SMILES string of the molecule is CCC(CO)NC1CCN(C(C)c2ccccc2)C1. The molecule has 3 atom stereocenters. The van der Waals surface area contributed by atoms with Crippen molar-refractivity contribution in [2.75, 3.05) is 19.7 Å². The summed E-state index contributed by atoms with van der Waals surface area (Å²) in [6.07, 6.45) is 2.16. The summed E-state index contributed by atoms with van der Waals surface area (Å²) >= 11 is 0. The lowest BCUT2D eigenvalue weighted by atomic mass is 10.1. The number of aliphatic hydroxyl groups excluding tert-OH is 1. The second-order valence-electron chi connectivity index (χ2n) is 5.52. The molecule has 1 aliphatic rings. The van der Waals surface area contributed by atoms with Crippen molar-refractivity contribution in [3.8, 4) is 0 Å². The zero-order valence-corrected chi connectivity index (χ0v) is 12.0. The van der Waals surface area contributed by atoms with Crippen LogP contribution in [0.1, 0.15) is 38.3 Å². The van der Waals surface area contributed by atoms with Crippen LogP contribution in [0.5, 0.6) is 0 Å². The van der Waals surface area contributed by atoms with Gasteiger partial charge in [0.25, 0.3) is 0 Å². The number of aliphatic hydroxyl groups is 1. The summed E-state index contributed by atoms with van der Waals surface area (Å²) in [5.41, 5.74) is 1.39. The van der Waals surface area contributed by atoms with Crippen molar-refractivity contribution in [3.63, 3.8) is 0 Å². The van der Waals surface area contributed by atoms with E-state index in [-0.39, 0.29) is 12.6 Å². The van der Waals surface area contributed by atoms with E-state index in [2.05, 4.69) is 54.4 Å². The Kier molecular flexibility index (Phi) is 5.37. The Labute approximate surface area is 116 Å². The molecule has 1 saturated heterocycles. The van der Waals surface area contributed by atoms with Crippen LogP contribution in [0.15, 0.2) is 30.3 Å². The number of nitrogens with zero attached hydrogens (tertiary/aromatic N) is 1. The van der Waals surface area contributed by atoms with Crippen LogP contribution in [0.2, 0.25) is 0 Å². The number of hydrogen-bond acceptors (Lipinski definition) is 3. The molecule has 0 aromatic heterocycles. The molecule has 19 heavy (non-hydrogen) atoms. The molecule has 3 unspecified atom stereocenters. The summed E-state index contributed by atoms with van der Waals surface area (Å²) in [7, 11) is 0. The fraction of sp³-hybridized carbons (Fsp3) is 0.625. The maximum Gasteiger partial charge on any atom is 0.0584 e. The lowest BCUT2D eigenvalue weighted by Gasteiger charge is -2.26. The molecule has 0 saturated carbocycles. The quantitative estimate of drug-likeness (QED) is 0.825. The van der Waals surface area contributed by atoms with Crippen molar-refractivity contribution >= 4 is 0 Å². The number of likely N-dealkylation sites (tertiary alicyclic amines) is 1. The maximum absolute atomic E-state index is 9.26. The van der Waals surface area contributed by atoms with Crippen LogP contribution in [-0.4, -0.2) is 41.8 Å². The summed E-state index contributed by atoms with van der Waals surface area (Å²) < 4.78 is 0. The zero-order chi connectivity index (χ0) is 13.7. The van der Waals surface area contributed by atoms with Gasteiger partial charge in [-0.15, -0.1) is 0 Å². The first-order chi connectivity index (χ1) is 9.24. The van der Waals surface area contributed by atoms with E-state index in [0.29, 0.717) is 12.1 Å². The first kappa shape index (κ1) is 14.5. The number of benzene rings is 1. The highest BCUT2D eigenvalue weighted by atomic mass is 16.3. The van der Waals surface area contributed by atoms with Crippen molar-refractivity contribution in [2.24, 2.45) is 0 Å². The van der Waals surface area contributed by atoms with Crippen molar-refractivity contribution < 1.29 is 5.11 Å². The van der Waals surface area contributed by atoms with Crippen LogP contribution in [-0.2, 0) is 0 Å². The standard InChI is InChI=1S/C16H26N2O/c1-3-15(12-19)17-16-9-10-18(11-16)13(2)14-7-5-4-6-8-14/h4-8,13,15-17,19H,3,9-12H2,1-2H3. The van der Waals surface area contributed by atoms with Crippen molar-refractivity contribution in [1.29, 1.82) is 0 Å². The minimum absolute atomic E-state index is 0.237. The van der Waals surface area contributed by atoms with Gasteiger partial charge in [-0.1, -0.05) is 37.3 Å². The van der Waals surface area contributed by atoms with Crippen LogP contribution in [0.25, 0.3) is 0 Å². The highest BCUT2D eigenvalue weighted by molar-refractivity contribution is 5.18. The van der Waals surface area contributed by atoms with Gasteiger partial charge >= 0.3 is 0 Å². The third kappa shape index (κ3) is 3.78.